The molecule has 3 nitrogen and oxygen atoms in total. The van der Waals surface area contributed by atoms with E-state index in [-0.39, 0.29) is 18.0 Å². The van der Waals surface area contributed by atoms with E-state index in [4.69, 9.17) is 5.73 Å². The standard InChI is InChI=1S/C20H38N2O/c1-2-3-4-5-6-7-8-9-10-11-12-13-17-20(23)22-19-16-14-15-18(19)21/h13,17-19H,2-12,14-16,21H2,1H3,(H,22,23)/b17-13-/t18-,19+/m1/s1. The first kappa shape index (κ1) is 20.2. The van der Waals surface area contributed by atoms with Crippen LogP contribution in [0.15, 0.2) is 12.2 Å². The lowest BCUT2D eigenvalue weighted by atomic mass is 10.1. The van der Waals surface area contributed by atoms with Gasteiger partial charge in [-0.25, -0.2) is 0 Å². The van der Waals surface area contributed by atoms with Crippen molar-refractivity contribution in [2.24, 2.45) is 5.73 Å². The molecule has 1 saturated carbocycles. The Kier molecular flexibility index (Phi) is 11.9. The highest BCUT2D eigenvalue weighted by Gasteiger charge is 2.24. The summed E-state index contributed by atoms with van der Waals surface area (Å²) in [7, 11) is 0. The predicted molar refractivity (Wildman–Crippen MR) is 99.4 cm³/mol. The van der Waals surface area contributed by atoms with Gasteiger partial charge < -0.3 is 11.1 Å². The first-order valence-corrected chi connectivity index (χ1v) is 9.96. The Labute approximate surface area is 143 Å². The fourth-order valence-corrected chi connectivity index (χ4v) is 3.34. The average molecular weight is 323 g/mol. The summed E-state index contributed by atoms with van der Waals surface area (Å²) in [4.78, 5) is 11.8. The van der Waals surface area contributed by atoms with E-state index >= 15 is 0 Å². The highest BCUT2D eigenvalue weighted by Crippen LogP contribution is 2.17. The van der Waals surface area contributed by atoms with Gasteiger partial charge in [-0.15, -0.1) is 0 Å². The van der Waals surface area contributed by atoms with E-state index in [2.05, 4.69) is 12.2 Å². The molecule has 134 valence electrons. The molecule has 3 N–H and O–H groups in total. The van der Waals surface area contributed by atoms with Crippen molar-refractivity contribution in [1.82, 2.24) is 5.32 Å². The summed E-state index contributed by atoms with van der Waals surface area (Å²) in [5.74, 6) is 0.0272. The summed E-state index contributed by atoms with van der Waals surface area (Å²) in [6.45, 7) is 2.27. The Morgan fingerprint density at radius 1 is 1.00 bits per heavy atom. The minimum atomic E-state index is 0.0272. The highest BCUT2D eigenvalue weighted by molar-refractivity contribution is 5.87. The van der Waals surface area contributed by atoms with Crippen molar-refractivity contribution in [3.05, 3.63) is 12.2 Å². The molecule has 0 bridgehead atoms. The van der Waals surface area contributed by atoms with Gasteiger partial charge in [0.2, 0.25) is 5.91 Å². The van der Waals surface area contributed by atoms with Gasteiger partial charge in [0.15, 0.2) is 0 Å². The molecule has 1 aliphatic carbocycles. The van der Waals surface area contributed by atoms with Gasteiger partial charge in [0.1, 0.15) is 0 Å². The molecule has 0 aliphatic heterocycles. The van der Waals surface area contributed by atoms with E-state index < -0.39 is 0 Å². The van der Waals surface area contributed by atoms with Crippen LogP contribution in [-0.4, -0.2) is 18.0 Å². The van der Waals surface area contributed by atoms with Crippen molar-refractivity contribution in [3.63, 3.8) is 0 Å². The van der Waals surface area contributed by atoms with Crippen LogP contribution >= 0.6 is 0 Å². The van der Waals surface area contributed by atoms with E-state index in [0.29, 0.717) is 0 Å². The van der Waals surface area contributed by atoms with E-state index in [0.717, 1.165) is 25.7 Å². The van der Waals surface area contributed by atoms with E-state index in [9.17, 15) is 4.79 Å². The molecule has 23 heavy (non-hydrogen) atoms. The van der Waals surface area contributed by atoms with Crippen LogP contribution in [0.1, 0.15) is 96.8 Å². The number of hydrogen-bond acceptors (Lipinski definition) is 2. The molecule has 0 radical (unpaired) electrons. The Morgan fingerprint density at radius 3 is 2.17 bits per heavy atom. The number of unbranched alkanes of at least 4 members (excludes halogenated alkanes) is 10. The van der Waals surface area contributed by atoms with Crippen LogP contribution in [0.4, 0.5) is 0 Å². The fourth-order valence-electron chi connectivity index (χ4n) is 3.34. The summed E-state index contributed by atoms with van der Waals surface area (Å²) in [5, 5.41) is 3.02. The zero-order chi connectivity index (χ0) is 16.8. The molecule has 2 atom stereocenters. The van der Waals surface area contributed by atoms with Gasteiger partial charge in [-0.3, -0.25) is 4.79 Å². The summed E-state index contributed by atoms with van der Waals surface area (Å²) in [6.07, 6.45) is 21.5. The van der Waals surface area contributed by atoms with Crippen LogP contribution in [0.2, 0.25) is 0 Å². The van der Waals surface area contributed by atoms with Crippen molar-refractivity contribution < 1.29 is 4.79 Å². The number of carbonyl (C=O) groups is 1. The minimum Gasteiger partial charge on any atom is -0.348 e. The largest absolute Gasteiger partial charge is 0.348 e. The number of carbonyl (C=O) groups excluding carboxylic acids is 1. The van der Waals surface area contributed by atoms with Crippen LogP contribution in [0.3, 0.4) is 0 Å². The first-order valence-electron chi connectivity index (χ1n) is 9.96. The number of hydrogen-bond donors (Lipinski definition) is 2. The van der Waals surface area contributed by atoms with Crippen LogP contribution in [-0.2, 0) is 4.79 Å². The van der Waals surface area contributed by atoms with Crippen molar-refractivity contribution >= 4 is 5.91 Å². The summed E-state index contributed by atoms with van der Waals surface area (Å²) < 4.78 is 0. The second kappa shape index (κ2) is 13.6. The molecule has 0 spiro atoms. The van der Waals surface area contributed by atoms with Crippen molar-refractivity contribution in [2.45, 2.75) is 109 Å². The number of rotatable bonds is 13. The maximum atomic E-state index is 11.8. The smallest absolute Gasteiger partial charge is 0.243 e. The lowest BCUT2D eigenvalue weighted by Crippen LogP contribution is -2.43. The molecule has 0 unspecified atom stereocenters. The third-order valence-electron chi connectivity index (χ3n) is 4.89. The van der Waals surface area contributed by atoms with Crippen molar-refractivity contribution in [2.75, 3.05) is 0 Å². The van der Waals surface area contributed by atoms with Gasteiger partial charge >= 0.3 is 0 Å². The molecule has 0 aromatic heterocycles. The maximum absolute atomic E-state index is 11.8. The second-order valence-electron chi connectivity index (χ2n) is 7.08. The van der Waals surface area contributed by atoms with Crippen molar-refractivity contribution in [1.29, 1.82) is 0 Å². The molecule has 0 saturated heterocycles. The lowest BCUT2D eigenvalue weighted by Gasteiger charge is -2.15. The molecule has 3 heteroatoms. The van der Waals surface area contributed by atoms with Gasteiger partial charge in [0, 0.05) is 12.1 Å². The van der Waals surface area contributed by atoms with Crippen LogP contribution < -0.4 is 11.1 Å². The third kappa shape index (κ3) is 10.5. The quantitative estimate of drug-likeness (QED) is 0.376. The number of nitrogens with one attached hydrogen (secondary N) is 1. The number of nitrogens with two attached hydrogens (primary N) is 1. The Hall–Kier alpha value is -0.830. The summed E-state index contributed by atoms with van der Waals surface area (Å²) in [6, 6.07) is 0.332. The molecule has 1 rings (SSSR count). The Bertz CT molecular complexity index is 328. The molecule has 1 amide bonds. The van der Waals surface area contributed by atoms with Gasteiger partial charge in [0.05, 0.1) is 0 Å². The van der Waals surface area contributed by atoms with E-state index in [1.54, 1.807) is 6.08 Å². The monoisotopic (exact) mass is 322 g/mol. The minimum absolute atomic E-state index is 0.0272. The van der Waals surface area contributed by atoms with Crippen LogP contribution in [0.25, 0.3) is 0 Å². The number of amides is 1. The van der Waals surface area contributed by atoms with E-state index in [1.165, 1.54) is 64.2 Å². The average Bonchev–Trinajstić information content (AvgIpc) is 2.93. The molecule has 1 aliphatic rings. The zero-order valence-electron chi connectivity index (χ0n) is 15.2. The topological polar surface area (TPSA) is 55.1 Å². The third-order valence-corrected chi connectivity index (χ3v) is 4.89. The Balaban J connectivity index is 1.87. The van der Waals surface area contributed by atoms with Crippen molar-refractivity contribution in [3.8, 4) is 0 Å². The van der Waals surface area contributed by atoms with Crippen LogP contribution in [0, 0.1) is 0 Å². The molecule has 1 fully saturated rings. The number of allylic oxidation sites excluding steroid dienone is 1. The molecular weight excluding hydrogens is 284 g/mol. The van der Waals surface area contributed by atoms with E-state index in [1.807, 2.05) is 6.08 Å². The van der Waals surface area contributed by atoms with Gasteiger partial charge in [-0.1, -0.05) is 70.8 Å². The van der Waals surface area contributed by atoms with Gasteiger partial charge in [-0.2, -0.15) is 0 Å². The highest BCUT2D eigenvalue weighted by atomic mass is 16.1. The van der Waals surface area contributed by atoms with Crippen LogP contribution in [0.5, 0.6) is 0 Å². The SMILES string of the molecule is CCCCCCCCCCCC/C=C\C(=O)N[C@H]1CCC[C@H]1N. The normalized spacial score (nSPS) is 21.1. The molecule has 0 heterocycles. The molecule has 0 aromatic rings. The van der Waals surface area contributed by atoms with Gasteiger partial charge in [-0.05, 0) is 38.2 Å². The lowest BCUT2D eigenvalue weighted by molar-refractivity contribution is -0.117. The molecular formula is C20H38N2O. The first-order chi connectivity index (χ1) is 11.2. The zero-order valence-corrected chi connectivity index (χ0v) is 15.2. The molecule has 0 aromatic carbocycles. The second-order valence-corrected chi connectivity index (χ2v) is 7.08. The fraction of sp³-hybridized carbons (Fsp3) is 0.850. The maximum Gasteiger partial charge on any atom is 0.243 e. The summed E-state index contributed by atoms with van der Waals surface area (Å²) in [5.41, 5.74) is 5.96. The predicted octanol–water partition coefficient (Wildman–Crippen LogP) is 4.85. The summed E-state index contributed by atoms with van der Waals surface area (Å²) >= 11 is 0. The Morgan fingerprint density at radius 2 is 1.61 bits per heavy atom. The van der Waals surface area contributed by atoms with Gasteiger partial charge in [0.25, 0.3) is 0 Å².